The molecule has 0 aromatic carbocycles. The molecule has 0 radical (unpaired) electrons. The van der Waals surface area contributed by atoms with Gasteiger partial charge in [0, 0.05) is 12.8 Å². The van der Waals surface area contributed by atoms with E-state index in [-0.39, 0.29) is 5.79 Å². The van der Waals surface area contributed by atoms with Crippen LogP contribution < -0.4 is 0 Å². The van der Waals surface area contributed by atoms with E-state index in [1.54, 1.807) is 0 Å². The van der Waals surface area contributed by atoms with E-state index < -0.39 is 0 Å². The SMILES string of the molecule is C[C@@H]1C[C@H](C)OC2(CCCC2)O1. The van der Waals surface area contributed by atoms with Gasteiger partial charge in [-0.05, 0) is 33.1 Å². The summed E-state index contributed by atoms with van der Waals surface area (Å²) in [4.78, 5) is 0. The Balaban J connectivity index is 2.04. The summed E-state index contributed by atoms with van der Waals surface area (Å²) in [7, 11) is 0. The van der Waals surface area contributed by atoms with Crippen molar-refractivity contribution in [2.75, 3.05) is 0 Å². The van der Waals surface area contributed by atoms with E-state index in [2.05, 4.69) is 13.8 Å². The van der Waals surface area contributed by atoms with Crippen LogP contribution in [0.15, 0.2) is 0 Å². The molecule has 0 N–H and O–H groups in total. The summed E-state index contributed by atoms with van der Waals surface area (Å²) in [5.74, 6) is -0.183. The van der Waals surface area contributed by atoms with Crippen molar-refractivity contribution in [2.24, 2.45) is 0 Å². The number of rotatable bonds is 0. The summed E-state index contributed by atoms with van der Waals surface area (Å²) in [5.41, 5.74) is 0. The Bertz CT molecular complexity index is 149. The quantitative estimate of drug-likeness (QED) is 0.556. The van der Waals surface area contributed by atoms with Gasteiger partial charge in [0.15, 0.2) is 5.79 Å². The summed E-state index contributed by atoms with van der Waals surface area (Å²) in [6.45, 7) is 4.30. The largest absolute Gasteiger partial charge is 0.347 e. The third-order valence-electron chi connectivity index (χ3n) is 2.86. The highest BCUT2D eigenvalue weighted by atomic mass is 16.7. The number of ether oxygens (including phenoxy) is 2. The summed E-state index contributed by atoms with van der Waals surface area (Å²) < 4.78 is 11.8. The molecule has 2 heteroatoms. The highest BCUT2D eigenvalue weighted by Crippen LogP contribution is 2.40. The van der Waals surface area contributed by atoms with Crippen LogP contribution in [0, 0.1) is 0 Å². The minimum atomic E-state index is -0.183. The topological polar surface area (TPSA) is 18.5 Å². The average molecular weight is 170 g/mol. The summed E-state index contributed by atoms with van der Waals surface area (Å²) in [5, 5.41) is 0. The van der Waals surface area contributed by atoms with Crippen LogP contribution in [0.5, 0.6) is 0 Å². The molecule has 12 heavy (non-hydrogen) atoms. The maximum atomic E-state index is 5.88. The third-order valence-corrected chi connectivity index (χ3v) is 2.86. The van der Waals surface area contributed by atoms with Crippen molar-refractivity contribution < 1.29 is 9.47 Å². The molecule has 1 aliphatic carbocycles. The Morgan fingerprint density at radius 1 is 1.00 bits per heavy atom. The normalized spacial score (nSPS) is 40.5. The molecule has 0 unspecified atom stereocenters. The van der Waals surface area contributed by atoms with E-state index in [1.807, 2.05) is 0 Å². The lowest BCUT2D eigenvalue weighted by atomic mass is 10.1. The lowest BCUT2D eigenvalue weighted by Crippen LogP contribution is -2.44. The Hall–Kier alpha value is -0.0800. The maximum absolute atomic E-state index is 5.88. The molecule has 2 nitrogen and oxygen atoms in total. The van der Waals surface area contributed by atoms with Crippen LogP contribution in [0.2, 0.25) is 0 Å². The molecule has 0 aromatic heterocycles. The van der Waals surface area contributed by atoms with Gasteiger partial charge in [0.2, 0.25) is 0 Å². The van der Waals surface area contributed by atoms with E-state index in [9.17, 15) is 0 Å². The van der Waals surface area contributed by atoms with Gasteiger partial charge in [-0.3, -0.25) is 0 Å². The predicted molar refractivity (Wildman–Crippen MR) is 46.9 cm³/mol. The molecule has 1 spiro atoms. The lowest BCUT2D eigenvalue weighted by molar-refractivity contribution is -0.307. The van der Waals surface area contributed by atoms with Crippen LogP contribution >= 0.6 is 0 Å². The molecule has 2 atom stereocenters. The van der Waals surface area contributed by atoms with E-state index in [1.165, 1.54) is 12.8 Å². The van der Waals surface area contributed by atoms with Crippen LogP contribution in [0.3, 0.4) is 0 Å². The van der Waals surface area contributed by atoms with Crippen LogP contribution in [-0.2, 0) is 9.47 Å². The first-order valence-corrected chi connectivity index (χ1v) is 5.06. The van der Waals surface area contributed by atoms with Gasteiger partial charge >= 0.3 is 0 Å². The summed E-state index contributed by atoms with van der Waals surface area (Å²) in [6, 6.07) is 0. The highest BCUT2D eigenvalue weighted by molar-refractivity contribution is 4.83. The fourth-order valence-electron chi connectivity index (χ4n) is 2.47. The molecule has 2 rings (SSSR count). The zero-order chi connectivity index (χ0) is 8.60. The van der Waals surface area contributed by atoms with Crippen LogP contribution in [-0.4, -0.2) is 18.0 Å². The second-order valence-electron chi connectivity index (χ2n) is 4.21. The van der Waals surface area contributed by atoms with Crippen molar-refractivity contribution >= 4 is 0 Å². The van der Waals surface area contributed by atoms with Crippen molar-refractivity contribution in [3.8, 4) is 0 Å². The second kappa shape index (κ2) is 3.00. The monoisotopic (exact) mass is 170 g/mol. The minimum absolute atomic E-state index is 0.183. The first kappa shape index (κ1) is 8.52. The molecule has 1 saturated heterocycles. The average Bonchev–Trinajstić information content (AvgIpc) is 2.33. The van der Waals surface area contributed by atoms with Gasteiger partial charge in [-0.15, -0.1) is 0 Å². The Kier molecular flexibility index (Phi) is 2.13. The third kappa shape index (κ3) is 1.50. The first-order valence-electron chi connectivity index (χ1n) is 5.06. The fraction of sp³-hybridized carbons (Fsp3) is 1.00. The second-order valence-corrected chi connectivity index (χ2v) is 4.21. The van der Waals surface area contributed by atoms with Gasteiger partial charge < -0.3 is 9.47 Å². The van der Waals surface area contributed by atoms with Crippen molar-refractivity contribution in [2.45, 2.75) is 63.9 Å². The van der Waals surface area contributed by atoms with E-state index in [4.69, 9.17) is 9.47 Å². The zero-order valence-corrected chi connectivity index (χ0v) is 8.01. The molecule has 1 aliphatic heterocycles. The van der Waals surface area contributed by atoms with Crippen LogP contribution in [0.4, 0.5) is 0 Å². The lowest BCUT2D eigenvalue weighted by Gasteiger charge is -2.40. The molecule has 0 bridgehead atoms. The van der Waals surface area contributed by atoms with E-state index in [0.29, 0.717) is 12.2 Å². The van der Waals surface area contributed by atoms with Crippen molar-refractivity contribution in [3.05, 3.63) is 0 Å². The predicted octanol–water partition coefficient (Wildman–Crippen LogP) is 2.47. The molecule has 2 fully saturated rings. The molecule has 0 amide bonds. The van der Waals surface area contributed by atoms with Gasteiger partial charge in [-0.2, -0.15) is 0 Å². The Labute approximate surface area is 74.2 Å². The van der Waals surface area contributed by atoms with Gasteiger partial charge in [0.1, 0.15) is 0 Å². The molecule has 70 valence electrons. The first-order chi connectivity index (χ1) is 5.70. The van der Waals surface area contributed by atoms with Crippen molar-refractivity contribution in [1.29, 1.82) is 0 Å². The van der Waals surface area contributed by atoms with Gasteiger partial charge in [0.05, 0.1) is 12.2 Å². The number of hydrogen-bond donors (Lipinski definition) is 0. The van der Waals surface area contributed by atoms with Gasteiger partial charge in [-0.25, -0.2) is 0 Å². The summed E-state index contributed by atoms with van der Waals surface area (Å²) in [6.07, 6.45) is 6.53. The molecule has 1 saturated carbocycles. The Morgan fingerprint density at radius 2 is 1.50 bits per heavy atom. The molecular formula is C10H18O2. The zero-order valence-electron chi connectivity index (χ0n) is 8.01. The molecule has 2 aliphatic rings. The summed E-state index contributed by atoms with van der Waals surface area (Å²) >= 11 is 0. The van der Waals surface area contributed by atoms with Gasteiger partial charge in [-0.1, -0.05) is 0 Å². The van der Waals surface area contributed by atoms with Crippen molar-refractivity contribution in [3.63, 3.8) is 0 Å². The minimum Gasteiger partial charge on any atom is -0.347 e. The molecule has 0 aromatic rings. The maximum Gasteiger partial charge on any atom is 0.168 e. The van der Waals surface area contributed by atoms with Crippen LogP contribution in [0.1, 0.15) is 46.0 Å². The van der Waals surface area contributed by atoms with E-state index in [0.717, 1.165) is 19.3 Å². The van der Waals surface area contributed by atoms with E-state index >= 15 is 0 Å². The van der Waals surface area contributed by atoms with Gasteiger partial charge in [0.25, 0.3) is 0 Å². The Morgan fingerprint density at radius 3 is 2.00 bits per heavy atom. The number of hydrogen-bond acceptors (Lipinski definition) is 2. The van der Waals surface area contributed by atoms with Crippen LogP contribution in [0.25, 0.3) is 0 Å². The standard InChI is InChI=1S/C10H18O2/c1-8-7-9(2)12-10(11-8)5-3-4-6-10/h8-9H,3-7H2,1-2H3/t8-,9+. The molecular weight excluding hydrogens is 152 g/mol. The highest BCUT2D eigenvalue weighted by Gasteiger charge is 2.42. The van der Waals surface area contributed by atoms with Crippen molar-refractivity contribution in [1.82, 2.24) is 0 Å². The fourth-order valence-corrected chi connectivity index (χ4v) is 2.47. The smallest absolute Gasteiger partial charge is 0.168 e. The molecule has 1 heterocycles.